The average Bonchev–Trinajstić information content (AvgIpc) is 2.74. The number of hydrogen-bond acceptors (Lipinski definition) is 5. The van der Waals surface area contributed by atoms with Crippen molar-refractivity contribution in [3.05, 3.63) is 60.2 Å². The van der Waals surface area contributed by atoms with Gasteiger partial charge in [-0.15, -0.1) is 0 Å². The Balaban J connectivity index is 1.95. The minimum Gasteiger partial charge on any atom is -0.463 e. The highest BCUT2D eigenvalue weighted by atomic mass is 16.6. The molecule has 0 aliphatic rings. The fourth-order valence-corrected chi connectivity index (χ4v) is 2.69. The molecule has 7 heteroatoms. The Kier molecular flexibility index (Phi) is 8.85. The smallest absolute Gasteiger partial charge is 0.306 e. The lowest BCUT2D eigenvalue weighted by atomic mass is 10.1. The first-order valence-electron chi connectivity index (χ1n) is 9.46. The van der Waals surface area contributed by atoms with Crippen LogP contribution in [0.25, 0.3) is 0 Å². The lowest BCUT2D eigenvalue weighted by molar-refractivity contribution is -0.145. The van der Waals surface area contributed by atoms with Crippen LogP contribution in [-0.4, -0.2) is 44.7 Å². The van der Waals surface area contributed by atoms with Crippen molar-refractivity contribution in [3.8, 4) is 0 Å². The topological polar surface area (TPSA) is 84.9 Å². The predicted molar refractivity (Wildman–Crippen MR) is 111 cm³/mol. The number of carbonyl (C=O) groups is 3. The summed E-state index contributed by atoms with van der Waals surface area (Å²) in [5.41, 5.74) is 1.77. The van der Waals surface area contributed by atoms with Crippen LogP contribution < -0.4 is 10.2 Å². The first-order chi connectivity index (χ1) is 14.0. The lowest BCUT2D eigenvalue weighted by Gasteiger charge is -2.21. The largest absolute Gasteiger partial charge is 0.463 e. The van der Waals surface area contributed by atoms with E-state index in [4.69, 9.17) is 9.47 Å². The molecule has 2 amide bonds. The molecule has 1 N–H and O–H groups in total. The van der Waals surface area contributed by atoms with Crippen molar-refractivity contribution < 1.29 is 23.9 Å². The Morgan fingerprint density at radius 2 is 1.72 bits per heavy atom. The third kappa shape index (κ3) is 7.04. The quantitative estimate of drug-likeness (QED) is 0.490. The molecule has 0 spiro atoms. The van der Waals surface area contributed by atoms with Gasteiger partial charge in [0.15, 0.2) is 0 Å². The van der Waals surface area contributed by atoms with Crippen molar-refractivity contribution in [2.75, 3.05) is 37.1 Å². The lowest BCUT2D eigenvalue weighted by Crippen LogP contribution is -2.30. The van der Waals surface area contributed by atoms with Gasteiger partial charge < -0.3 is 19.7 Å². The summed E-state index contributed by atoms with van der Waals surface area (Å²) in [6.45, 7) is 2.90. The summed E-state index contributed by atoms with van der Waals surface area (Å²) in [4.78, 5) is 38.2. The van der Waals surface area contributed by atoms with E-state index in [1.54, 1.807) is 29.2 Å². The Morgan fingerprint density at radius 1 is 0.966 bits per heavy atom. The first kappa shape index (κ1) is 22.1. The molecule has 2 rings (SSSR count). The number of nitrogens with one attached hydrogen (secondary N) is 1. The second-order valence-corrected chi connectivity index (χ2v) is 6.23. The van der Waals surface area contributed by atoms with Crippen LogP contribution in [0.1, 0.15) is 30.1 Å². The molecule has 2 aromatic rings. The van der Waals surface area contributed by atoms with Crippen molar-refractivity contribution in [2.24, 2.45) is 0 Å². The second-order valence-electron chi connectivity index (χ2n) is 6.23. The molecule has 0 radical (unpaired) electrons. The number of methoxy groups -OCH3 is 1. The highest BCUT2D eigenvalue weighted by Gasteiger charge is 2.16. The highest BCUT2D eigenvalue weighted by molar-refractivity contribution is 6.07. The number of hydrogen-bond donors (Lipinski definition) is 1. The summed E-state index contributed by atoms with van der Waals surface area (Å²) >= 11 is 0. The fraction of sp³-hybridized carbons (Fsp3) is 0.318. The van der Waals surface area contributed by atoms with E-state index in [1.165, 1.54) is 7.11 Å². The van der Waals surface area contributed by atoms with Gasteiger partial charge in [0.1, 0.15) is 6.61 Å². The molecule has 29 heavy (non-hydrogen) atoms. The SMILES string of the molecule is CCN(C(=O)c1cccc(NC(=O)CCC(=O)OCCOC)c1)c1ccccc1. The van der Waals surface area contributed by atoms with Crippen molar-refractivity contribution in [3.63, 3.8) is 0 Å². The van der Waals surface area contributed by atoms with Crippen LogP contribution in [0.15, 0.2) is 54.6 Å². The molecule has 154 valence electrons. The number of amides is 2. The van der Waals surface area contributed by atoms with Crippen molar-refractivity contribution in [1.29, 1.82) is 0 Å². The number of ether oxygens (including phenoxy) is 2. The van der Waals surface area contributed by atoms with Gasteiger partial charge in [-0.25, -0.2) is 0 Å². The number of benzene rings is 2. The minimum absolute atomic E-state index is 0.00487. The van der Waals surface area contributed by atoms with Crippen molar-refractivity contribution in [1.82, 2.24) is 0 Å². The molecule has 0 atom stereocenters. The van der Waals surface area contributed by atoms with Gasteiger partial charge in [-0.3, -0.25) is 14.4 Å². The van der Waals surface area contributed by atoms with Crippen LogP contribution >= 0.6 is 0 Å². The summed E-state index contributed by atoms with van der Waals surface area (Å²) in [5.74, 6) is -0.937. The number of esters is 1. The molecule has 0 heterocycles. The van der Waals surface area contributed by atoms with E-state index in [9.17, 15) is 14.4 Å². The molecular formula is C22H26N2O5. The third-order valence-corrected chi connectivity index (χ3v) is 4.13. The molecule has 7 nitrogen and oxygen atoms in total. The molecule has 0 fully saturated rings. The molecule has 0 aromatic heterocycles. The normalized spacial score (nSPS) is 10.3. The van der Waals surface area contributed by atoms with Crippen LogP contribution in [-0.2, 0) is 19.1 Å². The highest BCUT2D eigenvalue weighted by Crippen LogP contribution is 2.19. The molecule has 0 saturated carbocycles. The third-order valence-electron chi connectivity index (χ3n) is 4.13. The van der Waals surface area contributed by atoms with Gasteiger partial charge in [0.25, 0.3) is 5.91 Å². The maximum absolute atomic E-state index is 12.9. The first-order valence-corrected chi connectivity index (χ1v) is 9.46. The zero-order chi connectivity index (χ0) is 21.1. The molecule has 0 unspecified atom stereocenters. The summed E-state index contributed by atoms with van der Waals surface area (Å²) in [6, 6.07) is 16.1. The van der Waals surface area contributed by atoms with Crippen molar-refractivity contribution >= 4 is 29.2 Å². The van der Waals surface area contributed by atoms with E-state index in [-0.39, 0.29) is 31.3 Å². The van der Waals surface area contributed by atoms with Gasteiger partial charge >= 0.3 is 5.97 Å². The Hall–Kier alpha value is -3.19. The van der Waals surface area contributed by atoms with E-state index < -0.39 is 5.97 Å². The zero-order valence-electron chi connectivity index (χ0n) is 16.7. The van der Waals surface area contributed by atoms with Gasteiger partial charge in [0.05, 0.1) is 13.0 Å². The summed E-state index contributed by atoms with van der Waals surface area (Å²) in [6.07, 6.45) is -0.0269. The van der Waals surface area contributed by atoms with E-state index in [2.05, 4.69) is 5.32 Å². The Morgan fingerprint density at radius 3 is 2.41 bits per heavy atom. The summed E-state index contributed by atoms with van der Waals surface area (Å²) < 4.78 is 9.71. The standard InChI is InChI=1S/C22H26N2O5/c1-3-24(19-10-5-4-6-11-19)22(27)17-8-7-9-18(16-17)23-20(25)12-13-21(26)29-15-14-28-2/h4-11,16H,3,12-15H2,1-2H3,(H,23,25). The zero-order valence-corrected chi connectivity index (χ0v) is 16.7. The van der Waals surface area contributed by atoms with Gasteiger partial charge in [0, 0.05) is 37.0 Å². The molecule has 0 bridgehead atoms. The predicted octanol–water partition coefficient (Wildman–Crippen LogP) is 3.26. The molecule has 0 aliphatic heterocycles. The summed E-state index contributed by atoms with van der Waals surface area (Å²) in [5, 5.41) is 2.71. The number of carbonyl (C=O) groups excluding carboxylic acids is 3. The minimum atomic E-state index is -0.456. The van der Waals surface area contributed by atoms with Crippen LogP contribution in [0.5, 0.6) is 0 Å². The van der Waals surface area contributed by atoms with Gasteiger partial charge in [-0.2, -0.15) is 0 Å². The van der Waals surface area contributed by atoms with Crippen LogP contribution in [0, 0.1) is 0 Å². The van der Waals surface area contributed by atoms with E-state index >= 15 is 0 Å². The Labute approximate surface area is 170 Å². The second kappa shape index (κ2) is 11.6. The number of rotatable bonds is 10. The fourth-order valence-electron chi connectivity index (χ4n) is 2.69. The van der Waals surface area contributed by atoms with Gasteiger partial charge in [-0.1, -0.05) is 24.3 Å². The van der Waals surface area contributed by atoms with Gasteiger partial charge in [-0.05, 0) is 37.3 Å². The monoisotopic (exact) mass is 398 g/mol. The van der Waals surface area contributed by atoms with Crippen LogP contribution in [0.3, 0.4) is 0 Å². The Bertz CT molecular complexity index is 823. The van der Waals surface area contributed by atoms with Crippen LogP contribution in [0.4, 0.5) is 11.4 Å². The van der Waals surface area contributed by atoms with E-state index in [0.717, 1.165) is 5.69 Å². The number of nitrogens with zero attached hydrogens (tertiary/aromatic N) is 1. The number of para-hydroxylation sites is 1. The van der Waals surface area contributed by atoms with Crippen molar-refractivity contribution in [2.45, 2.75) is 19.8 Å². The summed E-state index contributed by atoms with van der Waals surface area (Å²) in [7, 11) is 1.51. The molecule has 2 aromatic carbocycles. The molecule has 0 saturated heterocycles. The van der Waals surface area contributed by atoms with Crippen LogP contribution in [0.2, 0.25) is 0 Å². The maximum atomic E-state index is 12.9. The molecule has 0 aliphatic carbocycles. The van der Waals surface area contributed by atoms with Gasteiger partial charge in [0.2, 0.25) is 5.91 Å². The van der Waals surface area contributed by atoms with E-state index in [0.29, 0.717) is 24.4 Å². The maximum Gasteiger partial charge on any atom is 0.306 e. The van der Waals surface area contributed by atoms with E-state index in [1.807, 2.05) is 37.3 Å². The number of anilines is 2. The average molecular weight is 398 g/mol. The molecular weight excluding hydrogens is 372 g/mol.